The van der Waals surface area contributed by atoms with E-state index in [1.54, 1.807) is 0 Å². The molecule has 0 radical (unpaired) electrons. The number of carbonyl (C=O) groups is 1. The van der Waals surface area contributed by atoms with Gasteiger partial charge in [-0.05, 0) is 24.7 Å². The average Bonchev–Trinajstić information content (AvgIpc) is 2.62. The molecule has 2 heteroatoms. The molecule has 2 aliphatic rings. The summed E-state index contributed by atoms with van der Waals surface area (Å²) in [6.45, 7) is 0. The number of allylic oxidation sites excluding steroid dienone is 2. The summed E-state index contributed by atoms with van der Waals surface area (Å²) in [5.41, 5.74) is 0. The normalized spacial score (nSPS) is 39.5. The van der Waals surface area contributed by atoms with Crippen LogP contribution in [0.5, 0.6) is 0 Å². The molecule has 0 amide bonds. The van der Waals surface area contributed by atoms with Crippen LogP contribution in [0.4, 0.5) is 0 Å². The second-order valence-corrected chi connectivity index (χ2v) is 3.41. The second kappa shape index (κ2) is 2.36. The SMILES string of the molecule is COC(=O)C1CC2C=C[C@@H]1C2. The molecule has 0 aromatic rings. The summed E-state index contributed by atoms with van der Waals surface area (Å²) in [5, 5.41) is 0. The Balaban J connectivity index is 2.08. The van der Waals surface area contributed by atoms with Crippen molar-refractivity contribution >= 4 is 5.97 Å². The van der Waals surface area contributed by atoms with Crippen LogP contribution in [0.15, 0.2) is 12.2 Å². The molecular formula is C9H12O2. The molecule has 2 nitrogen and oxygen atoms in total. The molecular weight excluding hydrogens is 140 g/mol. The van der Waals surface area contributed by atoms with E-state index in [0.29, 0.717) is 11.8 Å². The molecule has 60 valence electrons. The highest BCUT2D eigenvalue weighted by Gasteiger charge is 2.40. The first-order chi connectivity index (χ1) is 5.31. The van der Waals surface area contributed by atoms with Crippen molar-refractivity contribution in [2.75, 3.05) is 7.11 Å². The summed E-state index contributed by atoms with van der Waals surface area (Å²) in [6, 6.07) is 0. The van der Waals surface area contributed by atoms with Gasteiger partial charge in [0.1, 0.15) is 0 Å². The van der Waals surface area contributed by atoms with Crippen molar-refractivity contribution in [1.82, 2.24) is 0 Å². The van der Waals surface area contributed by atoms with Gasteiger partial charge in [0.25, 0.3) is 0 Å². The Labute approximate surface area is 66.2 Å². The minimum Gasteiger partial charge on any atom is -0.469 e. The number of fused-ring (bicyclic) bond motifs is 2. The minimum atomic E-state index is -0.0261. The molecule has 1 saturated carbocycles. The third kappa shape index (κ3) is 0.971. The third-order valence-electron chi connectivity index (χ3n) is 2.78. The van der Waals surface area contributed by atoms with Crippen LogP contribution < -0.4 is 0 Å². The van der Waals surface area contributed by atoms with Gasteiger partial charge in [-0.1, -0.05) is 12.2 Å². The van der Waals surface area contributed by atoms with Crippen LogP contribution in [-0.2, 0) is 9.53 Å². The van der Waals surface area contributed by atoms with E-state index >= 15 is 0 Å². The topological polar surface area (TPSA) is 26.3 Å². The highest BCUT2D eigenvalue weighted by atomic mass is 16.5. The van der Waals surface area contributed by atoms with Crippen LogP contribution in [0.25, 0.3) is 0 Å². The molecule has 1 fully saturated rings. The molecule has 11 heavy (non-hydrogen) atoms. The summed E-state index contributed by atoms with van der Waals surface area (Å²) in [5.74, 6) is 1.27. The van der Waals surface area contributed by atoms with Crippen molar-refractivity contribution in [3.05, 3.63) is 12.2 Å². The second-order valence-electron chi connectivity index (χ2n) is 3.41. The van der Waals surface area contributed by atoms with Crippen LogP contribution in [-0.4, -0.2) is 13.1 Å². The number of esters is 1. The Morgan fingerprint density at radius 1 is 1.45 bits per heavy atom. The highest BCUT2D eigenvalue weighted by Crippen LogP contribution is 2.43. The Morgan fingerprint density at radius 2 is 2.27 bits per heavy atom. The number of hydrogen-bond acceptors (Lipinski definition) is 2. The standard InChI is InChI=1S/C9H12O2/c1-11-9(10)8-5-6-2-3-7(8)4-6/h2-3,6-8H,4-5H2,1H3/t6?,7-,8?/m1/s1. The predicted molar refractivity (Wildman–Crippen MR) is 40.9 cm³/mol. The Morgan fingerprint density at radius 3 is 2.73 bits per heavy atom. The summed E-state index contributed by atoms with van der Waals surface area (Å²) in [7, 11) is 1.47. The highest BCUT2D eigenvalue weighted by molar-refractivity contribution is 5.73. The third-order valence-corrected chi connectivity index (χ3v) is 2.78. The molecule has 2 rings (SSSR count). The monoisotopic (exact) mass is 152 g/mol. The molecule has 0 heterocycles. The fraction of sp³-hybridized carbons (Fsp3) is 0.667. The maximum absolute atomic E-state index is 11.1. The Hall–Kier alpha value is -0.790. The fourth-order valence-corrected chi connectivity index (χ4v) is 2.20. The van der Waals surface area contributed by atoms with Gasteiger partial charge in [0.05, 0.1) is 13.0 Å². The first-order valence-corrected chi connectivity index (χ1v) is 4.07. The van der Waals surface area contributed by atoms with Gasteiger partial charge in [0.2, 0.25) is 0 Å². The van der Waals surface area contributed by atoms with E-state index < -0.39 is 0 Å². The first-order valence-electron chi connectivity index (χ1n) is 4.07. The first kappa shape index (κ1) is 6.89. The van der Waals surface area contributed by atoms with Crippen molar-refractivity contribution in [3.8, 4) is 0 Å². The molecule has 2 aliphatic carbocycles. The maximum Gasteiger partial charge on any atom is 0.309 e. The lowest BCUT2D eigenvalue weighted by molar-refractivity contribution is -0.146. The molecule has 0 aromatic carbocycles. The van der Waals surface area contributed by atoms with Gasteiger partial charge >= 0.3 is 5.97 Å². The van der Waals surface area contributed by atoms with E-state index in [9.17, 15) is 4.79 Å². The van der Waals surface area contributed by atoms with Gasteiger partial charge in [-0.15, -0.1) is 0 Å². The molecule has 0 aliphatic heterocycles. The summed E-state index contributed by atoms with van der Waals surface area (Å²) < 4.78 is 4.71. The van der Waals surface area contributed by atoms with Crippen molar-refractivity contribution in [2.24, 2.45) is 17.8 Å². The maximum atomic E-state index is 11.1. The lowest BCUT2D eigenvalue weighted by Crippen LogP contribution is -2.19. The summed E-state index contributed by atoms with van der Waals surface area (Å²) in [4.78, 5) is 11.1. The fourth-order valence-electron chi connectivity index (χ4n) is 2.20. The van der Waals surface area contributed by atoms with E-state index in [1.807, 2.05) is 0 Å². The summed E-state index contributed by atoms with van der Waals surface area (Å²) >= 11 is 0. The van der Waals surface area contributed by atoms with Crippen molar-refractivity contribution in [1.29, 1.82) is 0 Å². The molecule has 0 saturated heterocycles. The van der Waals surface area contributed by atoms with E-state index in [4.69, 9.17) is 4.74 Å². The number of ether oxygens (including phenoxy) is 1. The number of carbonyl (C=O) groups excluding carboxylic acids is 1. The van der Waals surface area contributed by atoms with Crippen molar-refractivity contribution < 1.29 is 9.53 Å². The van der Waals surface area contributed by atoms with Gasteiger partial charge < -0.3 is 4.74 Å². The van der Waals surface area contributed by atoms with Crippen LogP contribution in [0.3, 0.4) is 0 Å². The molecule has 0 N–H and O–H groups in total. The molecule has 3 atom stereocenters. The molecule has 0 spiro atoms. The van der Waals surface area contributed by atoms with E-state index in [0.717, 1.165) is 6.42 Å². The number of methoxy groups -OCH3 is 1. The zero-order valence-corrected chi connectivity index (χ0v) is 6.62. The van der Waals surface area contributed by atoms with Crippen molar-refractivity contribution in [2.45, 2.75) is 12.8 Å². The average molecular weight is 152 g/mol. The van der Waals surface area contributed by atoms with Gasteiger partial charge in [0, 0.05) is 0 Å². The lowest BCUT2D eigenvalue weighted by atomic mass is 9.94. The zero-order valence-electron chi connectivity index (χ0n) is 6.62. The number of rotatable bonds is 1. The van der Waals surface area contributed by atoms with Gasteiger partial charge in [-0.3, -0.25) is 4.79 Å². The largest absolute Gasteiger partial charge is 0.469 e. The van der Waals surface area contributed by atoms with Crippen molar-refractivity contribution in [3.63, 3.8) is 0 Å². The smallest absolute Gasteiger partial charge is 0.309 e. The molecule has 2 unspecified atom stereocenters. The van der Waals surface area contributed by atoms with Crippen LogP contribution in [0, 0.1) is 17.8 Å². The predicted octanol–water partition coefficient (Wildman–Crippen LogP) is 1.37. The van der Waals surface area contributed by atoms with E-state index in [1.165, 1.54) is 13.5 Å². The van der Waals surface area contributed by atoms with Gasteiger partial charge in [-0.25, -0.2) is 0 Å². The lowest BCUT2D eigenvalue weighted by Gasteiger charge is -2.14. The van der Waals surface area contributed by atoms with Gasteiger partial charge in [-0.2, -0.15) is 0 Å². The quantitative estimate of drug-likeness (QED) is 0.419. The molecule has 2 bridgehead atoms. The zero-order chi connectivity index (χ0) is 7.84. The number of hydrogen-bond donors (Lipinski definition) is 0. The van der Waals surface area contributed by atoms with E-state index in [-0.39, 0.29) is 11.9 Å². The minimum absolute atomic E-state index is 0.0261. The van der Waals surface area contributed by atoms with Gasteiger partial charge in [0.15, 0.2) is 0 Å². The van der Waals surface area contributed by atoms with Crippen LogP contribution in [0.1, 0.15) is 12.8 Å². The Kier molecular flexibility index (Phi) is 1.48. The molecule has 0 aromatic heterocycles. The Bertz CT molecular complexity index is 208. The van der Waals surface area contributed by atoms with Crippen LogP contribution in [0.2, 0.25) is 0 Å². The van der Waals surface area contributed by atoms with E-state index in [2.05, 4.69) is 12.2 Å². The van der Waals surface area contributed by atoms with Crippen LogP contribution >= 0.6 is 0 Å². The summed E-state index contributed by atoms with van der Waals surface area (Å²) in [6.07, 6.45) is 6.56.